The zero-order valence-corrected chi connectivity index (χ0v) is 14.0. The van der Waals surface area contributed by atoms with Crippen molar-refractivity contribution in [2.45, 2.75) is 19.8 Å². The van der Waals surface area contributed by atoms with Crippen LogP contribution in [0.1, 0.15) is 24.5 Å². The number of nitrogens with zero attached hydrogens (tertiary/aromatic N) is 1. The summed E-state index contributed by atoms with van der Waals surface area (Å²) < 4.78 is 10.6. The average molecular weight is 326 g/mol. The second kappa shape index (κ2) is 9.35. The van der Waals surface area contributed by atoms with Gasteiger partial charge in [0, 0.05) is 0 Å². The topological polar surface area (TPSA) is 59.9 Å². The average Bonchev–Trinajstić information content (AvgIpc) is 2.61. The molecule has 0 aliphatic rings. The number of amides is 1. The van der Waals surface area contributed by atoms with E-state index in [0.717, 1.165) is 24.2 Å². The van der Waals surface area contributed by atoms with Gasteiger partial charge in [-0.15, -0.1) is 0 Å². The summed E-state index contributed by atoms with van der Waals surface area (Å²) in [6.45, 7) is 2.06. The third kappa shape index (κ3) is 5.76. The molecule has 0 radical (unpaired) electrons. The molecule has 0 aliphatic heterocycles. The quantitative estimate of drug-likeness (QED) is 0.599. The summed E-state index contributed by atoms with van der Waals surface area (Å²) in [5, 5.41) is 3.91. The fraction of sp³-hybridized carbons (Fsp3) is 0.263. The van der Waals surface area contributed by atoms with E-state index in [-0.39, 0.29) is 12.5 Å². The van der Waals surface area contributed by atoms with Crippen molar-refractivity contribution in [3.63, 3.8) is 0 Å². The van der Waals surface area contributed by atoms with E-state index in [1.54, 1.807) is 13.3 Å². The van der Waals surface area contributed by atoms with Crippen molar-refractivity contribution < 1.29 is 14.3 Å². The van der Waals surface area contributed by atoms with E-state index in [0.29, 0.717) is 5.75 Å². The number of ether oxygens (including phenoxy) is 2. The van der Waals surface area contributed by atoms with Crippen molar-refractivity contribution in [1.82, 2.24) is 5.43 Å². The normalized spacial score (nSPS) is 10.6. The molecule has 0 atom stereocenters. The molecule has 1 amide bonds. The molecule has 5 nitrogen and oxygen atoms in total. The van der Waals surface area contributed by atoms with Crippen LogP contribution in [0.5, 0.6) is 11.5 Å². The van der Waals surface area contributed by atoms with Crippen molar-refractivity contribution in [3.8, 4) is 11.5 Å². The van der Waals surface area contributed by atoms with E-state index in [1.807, 2.05) is 48.5 Å². The molecule has 2 rings (SSSR count). The Hall–Kier alpha value is -2.82. The van der Waals surface area contributed by atoms with Gasteiger partial charge in [0.05, 0.1) is 13.3 Å². The largest absolute Gasteiger partial charge is 0.497 e. The summed E-state index contributed by atoms with van der Waals surface area (Å²) in [7, 11) is 1.60. The summed E-state index contributed by atoms with van der Waals surface area (Å²) in [6, 6.07) is 15.2. The van der Waals surface area contributed by atoms with Crippen molar-refractivity contribution in [2.75, 3.05) is 13.7 Å². The molecule has 0 saturated carbocycles. The number of hydrazone groups is 1. The van der Waals surface area contributed by atoms with Crippen LogP contribution in [0.2, 0.25) is 0 Å². The maximum atomic E-state index is 11.7. The molecular weight excluding hydrogens is 304 g/mol. The van der Waals surface area contributed by atoms with Crippen LogP contribution in [0.15, 0.2) is 53.6 Å². The van der Waals surface area contributed by atoms with E-state index >= 15 is 0 Å². The van der Waals surface area contributed by atoms with Crippen molar-refractivity contribution in [3.05, 3.63) is 59.7 Å². The van der Waals surface area contributed by atoms with Crippen LogP contribution in [0.4, 0.5) is 0 Å². The van der Waals surface area contributed by atoms with Crippen LogP contribution in [-0.2, 0) is 11.2 Å². The molecule has 0 aliphatic carbocycles. The minimum absolute atomic E-state index is 0.0808. The van der Waals surface area contributed by atoms with Gasteiger partial charge in [0.15, 0.2) is 6.61 Å². The Morgan fingerprint density at radius 3 is 2.67 bits per heavy atom. The molecule has 0 spiro atoms. The van der Waals surface area contributed by atoms with Gasteiger partial charge in [-0.05, 0) is 41.8 Å². The number of carbonyl (C=O) groups excluding carboxylic acids is 1. The first-order valence-electron chi connectivity index (χ1n) is 7.89. The second-order valence-electron chi connectivity index (χ2n) is 5.25. The highest BCUT2D eigenvalue weighted by Gasteiger charge is 2.01. The molecule has 24 heavy (non-hydrogen) atoms. The number of benzene rings is 2. The lowest BCUT2D eigenvalue weighted by Crippen LogP contribution is -2.24. The number of hydrogen-bond donors (Lipinski definition) is 1. The third-order valence-electron chi connectivity index (χ3n) is 3.33. The molecule has 0 bridgehead atoms. The number of nitrogens with one attached hydrogen (secondary N) is 1. The molecule has 5 heteroatoms. The first-order valence-corrected chi connectivity index (χ1v) is 7.89. The van der Waals surface area contributed by atoms with Gasteiger partial charge in [0.25, 0.3) is 5.91 Å². The highest BCUT2D eigenvalue weighted by molar-refractivity contribution is 5.83. The monoisotopic (exact) mass is 326 g/mol. The SMILES string of the molecule is CCCc1ccc(OCC(=O)N/N=C/c2cccc(OC)c2)cc1. The van der Waals surface area contributed by atoms with Gasteiger partial charge in [-0.2, -0.15) is 5.10 Å². The first-order chi connectivity index (χ1) is 11.7. The molecule has 0 fully saturated rings. The number of rotatable bonds is 8. The molecule has 0 saturated heterocycles. The number of carbonyl (C=O) groups is 1. The molecule has 2 aromatic carbocycles. The Morgan fingerprint density at radius 1 is 1.17 bits per heavy atom. The minimum atomic E-state index is -0.313. The third-order valence-corrected chi connectivity index (χ3v) is 3.33. The molecular formula is C19H22N2O3. The van der Waals surface area contributed by atoms with E-state index in [9.17, 15) is 4.79 Å². The van der Waals surface area contributed by atoms with E-state index in [4.69, 9.17) is 9.47 Å². The van der Waals surface area contributed by atoms with Crippen molar-refractivity contribution in [1.29, 1.82) is 0 Å². The van der Waals surface area contributed by atoms with Crippen molar-refractivity contribution >= 4 is 12.1 Å². The highest BCUT2D eigenvalue weighted by atomic mass is 16.5. The molecule has 0 heterocycles. The smallest absolute Gasteiger partial charge is 0.277 e. The van der Waals surface area contributed by atoms with Gasteiger partial charge in [-0.1, -0.05) is 37.6 Å². The van der Waals surface area contributed by atoms with E-state index < -0.39 is 0 Å². The zero-order chi connectivity index (χ0) is 17.2. The van der Waals surface area contributed by atoms with Crippen LogP contribution < -0.4 is 14.9 Å². The zero-order valence-electron chi connectivity index (χ0n) is 14.0. The van der Waals surface area contributed by atoms with Gasteiger partial charge >= 0.3 is 0 Å². The van der Waals surface area contributed by atoms with Crippen LogP contribution >= 0.6 is 0 Å². The Balaban J connectivity index is 1.77. The van der Waals surface area contributed by atoms with Gasteiger partial charge in [-0.3, -0.25) is 4.79 Å². The summed E-state index contributed by atoms with van der Waals surface area (Å²) >= 11 is 0. The Labute approximate surface area is 142 Å². The van der Waals surface area contributed by atoms with Gasteiger partial charge in [-0.25, -0.2) is 5.43 Å². The minimum Gasteiger partial charge on any atom is -0.497 e. The molecule has 126 valence electrons. The lowest BCUT2D eigenvalue weighted by molar-refractivity contribution is -0.123. The highest BCUT2D eigenvalue weighted by Crippen LogP contribution is 2.13. The van der Waals surface area contributed by atoms with Gasteiger partial charge < -0.3 is 9.47 Å². The van der Waals surface area contributed by atoms with E-state index in [1.165, 1.54) is 5.56 Å². The fourth-order valence-electron chi connectivity index (χ4n) is 2.12. The maximum Gasteiger partial charge on any atom is 0.277 e. The Morgan fingerprint density at radius 2 is 1.96 bits per heavy atom. The number of hydrogen-bond acceptors (Lipinski definition) is 4. The summed E-state index contributed by atoms with van der Waals surface area (Å²) in [5.41, 5.74) is 4.53. The lowest BCUT2D eigenvalue weighted by Gasteiger charge is -2.06. The van der Waals surface area contributed by atoms with Gasteiger partial charge in [0.2, 0.25) is 0 Å². The predicted octanol–water partition coefficient (Wildman–Crippen LogP) is 3.18. The summed E-state index contributed by atoms with van der Waals surface area (Å²) in [5.74, 6) is 1.09. The van der Waals surface area contributed by atoms with Crippen LogP contribution in [0, 0.1) is 0 Å². The molecule has 0 unspecified atom stereocenters. The fourth-order valence-corrected chi connectivity index (χ4v) is 2.12. The number of methoxy groups -OCH3 is 1. The molecule has 0 aromatic heterocycles. The van der Waals surface area contributed by atoms with Gasteiger partial charge in [0.1, 0.15) is 11.5 Å². The summed E-state index contributed by atoms with van der Waals surface area (Å²) in [6.07, 6.45) is 3.70. The maximum absolute atomic E-state index is 11.7. The molecule has 1 N–H and O–H groups in total. The standard InChI is InChI=1S/C19H22N2O3/c1-3-5-15-8-10-17(11-9-15)24-14-19(22)21-20-13-16-6-4-7-18(12-16)23-2/h4,6-13H,3,5,14H2,1-2H3,(H,21,22)/b20-13+. The van der Waals surface area contributed by atoms with Crippen molar-refractivity contribution in [2.24, 2.45) is 5.10 Å². The van der Waals surface area contributed by atoms with Crippen LogP contribution in [0.25, 0.3) is 0 Å². The summed E-state index contributed by atoms with van der Waals surface area (Å²) in [4.78, 5) is 11.7. The molecule has 2 aromatic rings. The van der Waals surface area contributed by atoms with Crippen LogP contribution in [-0.4, -0.2) is 25.8 Å². The van der Waals surface area contributed by atoms with E-state index in [2.05, 4.69) is 17.5 Å². The second-order valence-corrected chi connectivity index (χ2v) is 5.25. The lowest BCUT2D eigenvalue weighted by atomic mass is 10.1. The Bertz CT molecular complexity index is 681. The van der Waals surface area contributed by atoms with Crippen LogP contribution in [0.3, 0.4) is 0 Å². The Kier molecular flexibility index (Phi) is 6.83. The first kappa shape index (κ1) is 17.5. The predicted molar refractivity (Wildman–Crippen MR) is 94.7 cm³/mol. The number of aryl methyl sites for hydroxylation is 1.